The number of benzene rings is 1. The van der Waals surface area contributed by atoms with Gasteiger partial charge >= 0.3 is 0 Å². The monoisotopic (exact) mass is 264 g/mol. The number of aryl methyl sites for hydroxylation is 1. The second kappa shape index (κ2) is 5.27. The van der Waals surface area contributed by atoms with Crippen molar-refractivity contribution in [3.05, 3.63) is 51.7 Å². The molecule has 0 atom stereocenters. The van der Waals surface area contributed by atoms with Gasteiger partial charge in [0.1, 0.15) is 5.82 Å². The Morgan fingerprint density at radius 1 is 1.50 bits per heavy atom. The van der Waals surface area contributed by atoms with Gasteiger partial charge in [-0.2, -0.15) is 0 Å². The smallest absolute Gasteiger partial charge is 0.253 e. The Kier molecular flexibility index (Phi) is 3.72. The average molecular weight is 264 g/mol. The number of rotatable bonds is 3. The van der Waals surface area contributed by atoms with E-state index in [0.29, 0.717) is 17.7 Å². The summed E-state index contributed by atoms with van der Waals surface area (Å²) in [4.78, 5) is 17.8. The summed E-state index contributed by atoms with van der Waals surface area (Å²) in [6.45, 7) is 2.10. The van der Waals surface area contributed by atoms with Gasteiger partial charge in [0.05, 0.1) is 17.7 Å². The number of nitrogens with zero attached hydrogens (tertiary/aromatic N) is 2. The number of hydrogen-bond acceptors (Lipinski definition) is 3. The molecule has 0 radical (unpaired) electrons. The second-order valence-electron chi connectivity index (χ2n) is 4.10. The number of aromatic nitrogens is 1. The van der Waals surface area contributed by atoms with Gasteiger partial charge in [-0.1, -0.05) is 0 Å². The molecular weight excluding hydrogens is 251 g/mol. The van der Waals surface area contributed by atoms with E-state index in [1.54, 1.807) is 30.4 Å². The average Bonchev–Trinajstić information content (AvgIpc) is 2.84. The molecule has 94 valence electrons. The highest BCUT2D eigenvalue weighted by atomic mass is 32.1. The summed E-state index contributed by atoms with van der Waals surface area (Å²) in [7, 11) is 1.71. The Bertz CT molecular complexity index is 554. The lowest BCUT2D eigenvalue weighted by Gasteiger charge is -2.16. The van der Waals surface area contributed by atoms with Gasteiger partial charge < -0.3 is 4.90 Å². The van der Waals surface area contributed by atoms with Crippen LogP contribution >= 0.6 is 11.3 Å². The number of carbonyl (C=O) groups is 1. The Morgan fingerprint density at radius 2 is 2.28 bits per heavy atom. The zero-order chi connectivity index (χ0) is 13.1. The van der Waals surface area contributed by atoms with E-state index in [4.69, 9.17) is 0 Å². The molecule has 0 aliphatic carbocycles. The minimum Gasteiger partial charge on any atom is -0.336 e. The lowest BCUT2D eigenvalue weighted by atomic mass is 10.1. The quantitative estimate of drug-likeness (QED) is 0.854. The minimum atomic E-state index is -0.297. The maximum Gasteiger partial charge on any atom is 0.253 e. The fourth-order valence-electron chi connectivity index (χ4n) is 1.63. The van der Waals surface area contributed by atoms with E-state index >= 15 is 0 Å². The lowest BCUT2D eigenvalue weighted by Crippen LogP contribution is -2.26. The Labute approximate surface area is 109 Å². The van der Waals surface area contributed by atoms with Crippen LogP contribution < -0.4 is 0 Å². The first-order valence-electron chi connectivity index (χ1n) is 5.46. The predicted molar refractivity (Wildman–Crippen MR) is 69.0 cm³/mol. The van der Waals surface area contributed by atoms with Crippen LogP contribution in [0.15, 0.2) is 29.1 Å². The van der Waals surface area contributed by atoms with E-state index in [1.807, 2.05) is 5.38 Å². The van der Waals surface area contributed by atoms with Crippen LogP contribution in [0.5, 0.6) is 0 Å². The summed E-state index contributed by atoms with van der Waals surface area (Å²) in [6.07, 6.45) is 0. The third kappa shape index (κ3) is 2.73. The van der Waals surface area contributed by atoms with Crippen molar-refractivity contribution in [3.63, 3.8) is 0 Å². The van der Waals surface area contributed by atoms with Crippen molar-refractivity contribution in [2.24, 2.45) is 0 Å². The second-order valence-corrected chi connectivity index (χ2v) is 4.82. The molecule has 2 rings (SSSR count). The van der Waals surface area contributed by atoms with E-state index in [1.165, 1.54) is 23.5 Å². The largest absolute Gasteiger partial charge is 0.336 e. The Hall–Kier alpha value is -1.75. The number of carbonyl (C=O) groups excluding carboxylic acids is 1. The van der Waals surface area contributed by atoms with E-state index < -0.39 is 0 Å². The first-order chi connectivity index (χ1) is 8.58. The standard InChI is InChI=1S/C13H13FN2OS/c1-9-5-10(3-4-12(9)14)13(17)16(2)6-11-7-18-8-15-11/h3-5,7-8H,6H2,1-2H3. The van der Waals surface area contributed by atoms with Crippen LogP contribution in [-0.2, 0) is 6.54 Å². The van der Waals surface area contributed by atoms with Crippen LogP contribution in [0.2, 0.25) is 0 Å². The summed E-state index contributed by atoms with van der Waals surface area (Å²) in [6, 6.07) is 4.39. The SMILES string of the molecule is Cc1cc(C(=O)N(C)Cc2cscn2)ccc1F. The molecule has 0 spiro atoms. The maximum absolute atomic E-state index is 13.1. The van der Waals surface area contributed by atoms with Crippen molar-refractivity contribution >= 4 is 17.2 Å². The summed E-state index contributed by atoms with van der Waals surface area (Å²) in [5, 5.41) is 1.90. The Balaban J connectivity index is 2.12. The maximum atomic E-state index is 13.1. The first kappa shape index (κ1) is 12.7. The van der Waals surface area contributed by atoms with E-state index in [9.17, 15) is 9.18 Å². The van der Waals surface area contributed by atoms with Crippen molar-refractivity contribution < 1.29 is 9.18 Å². The van der Waals surface area contributed by atoms with Gasteiger partial charge in [0, 0.05) is 18.0 Å². The fourth-order valence-corrected chi connectivity index (χ4v) is 2.18. The third-order valence-corrected chi connectivity index (χ3v) is 3.27. The van der Waals surface area contributed by atoms with Gasteiger partial charge in [0.15, 0.2) is 0 Å². The fraction of sp³-hybridized carbons (Fsp3) is 0.231. The normalized spacial score (nSPS) is 10.4. The minimum absolute atomic E-state index is 0.133. The van der Waals surface area contributed by atoms with Crippen LogP contribution in [0.3, 0.4) is 0 Å². The molecule has 1 aromatic carbocycles. The van der Waals surface area contributed by atoms with Gasteiger partial charge in [-0.3, -0.25) is 4.79 Å². The molecule has 0 unspecified atom stereocenters. The van der Waals surface area contributed by atoms with E-state index in [-0.39, 0.29) is 11.7 Å². The molecule has 0 fully saturated rings. The number of hydrogen-bond donors (Lipinski definition) is 0. The first-order valence-corrected chi connectivity index (χ1v) is 6.41. The molecule has 3 nitrogen and oxygen atoms in total. The molecule has 2 aromatic rings. The molecular formula is C13H13FN2OS. The highest BCUT2D eigenvalue weighted by molar-refractivity contribution is 7.07. The molecule has 5 heteroatoms. The summed E-state index contributed by atoms with van der Waals surface area (Å²) in [5.74, 6) is -0.431. The molecule has 1 aromatic heterocycles. The third-order valence-electron chi connectivity index (χ3n) is 2.63. The van der Waals surface area contributed by atoms with E-state index in [2.05, 4.69) is 4.98 Å². The zero-order valence-electron chi connectivity index (χ0n) is 10.2. The van der Waals surface area contributed by atoms with Crippen molar-refractivity contribution in [2.75, 3.05) is 7.05 Å². The van der Waals surface area contributed by atoms with Gasteiger partial charge in [0.25, 0.3) is 5.91 Å². The molecule has 1 amide bonds. The molecule has 0 saturated carbocycles. The van der Waals surface area contributed by atoms with E-state index in [0.717, 1.165) is 5.69 Å². The van der Waals surface area contributed by atoms with Crippen LogP contribution in [0, 0.1) is 12.7 Å². The van der Waals surface area contributed by atoms with Crippen molar-refractivity contribution in [3.8, 4) is 0 Å². The number of amides is 1. The van der Waals surface area contributed by atoms with Gasteiger partial charge in [-0.25, -0.2) is 9.37 Å². The molecule has 1 heterocycles. The van der Waals surface area contributed by atoms with Crippen molar-refractivity contribution in [1.82, 2.24) is 9.88 Å². The highest BCUT2D eigenvalue weighted by Crippen LogP contribution is 2.12. The molecule has 0 saturated heterocycles. The van der Waals surface area contributed by atoms with Crippen molar-refractivity contribution in [1.29, 1.82) is 0 Å². The molecule has 18 heavy (non-hydrogen) atoms. The number of halogens is 1. The molecule has 0 aliphatic rings. The highest BCUT2D eigenvalue weighted by Gasteiger charge is 2.13. The summed E-state index contributed by atoms with van der Waals surface area (Å²) < 4.78 is 13.1. The number of thiazole rings is 1. The van der Waals surface area contributed by atoms with Crippen LogP contribution in [-0.4, -0.2) is 22.8 Å². The topological polar surface area (TPSA) is 33.2 Å². The lowest BCUT2D eigenvalue weighted by molar-refractivity contribution is 0.0783. The molecule has 0 bridgehead atoms. The predicted octanol–water partition coefficient (Wildman–Crippen LogP) is 2.86. The molecule has 0 N–H and O–H groups in total. The molecule has 0 aliphatic heterocycles. The van der Waals surface area contributed by atoms with Gasteiger partial charge in [-0.15, -0.1) is 11.3 Å². The summed E-state index contributed by atoms with van der Waals surface area (Å²) >= 11 is 1.49. The van der Waals surface area contributed by atoms with Gasteiger partial charge in [-0.05, 0) is 30.7 Å². The zero-order valence-corrected chi connectivity index (χ0v) is 11.0. The van der Waals surface area contributed by atoms with Crippen LogP contribution in [0.25, 0.3) is 0 Å². The van der Waals surface area contributed by atoms with Gasteiger partial charge in [0.2, 0.25) is 0 Å². The van der Waals surface area contributed by atoms with Crippen LogP contribution in [0.4, 0.5) is 4.39 Å². The van der Waals surface area contributed by atoms with Crippen molar-refractivity contribution in [2.45, 2.75) is 13.5 Å². The summed E-state index contributed by atoms with van der Waals surface area (Å²) in [5.41, 5.74) is 3.56. The Morgan fingerprint density at radius 3 is 2.89 bits per heavy atom. The van der Waals surface area contributed by atoms with Crippen LogP contribution in [0.1, 0.15) is 21.6 Å².